The maximum atomic E-state index is 3.78. The van der Waals surface area contributed by atoms with Crippen molar-refractivity contribution < 1.29 is 0 Å². The molecule has 2 aromatic rings. The molecular formula is C29H46BrN3. The number of anilines is 2. The number of halogens is 1. The normalized spacial score (nSPS) is 12.0. The molecule has 0 aliphatic heterocycles. The highest BCUT2D eigenvalue weighted by Crippen LogP contribution is 2.35. The van der Waals surface area contributed by atoms with Gasteiger partial charge in [0.25, 0.3) is 0 Å². The summed E-state index contributed by atoms with van der Waals surface area (Å²) < 4.78 is 2.19. The van der Waals surface area contributed by atoms with Crippen LogP contribution in [0.3, 0.4) is 0 Å². The average Bonchev–Trinajstić information content (AvgIpc) is 2.72. The van der Waals surface area contributed by atoms with E-state index < -0.39 is 0 Å². The Hall–Kier alpha value is -1.52. The minimum absolute atomic E-state index is 0.487. The number of hydrogen-bond donors (Lipinski definition) is 2. The van der Waals surface area contributed by atoms with Crippen LogP contribution in [0.5, 0.6) is 0 Å². The van der Waals surface area contributed by atoms with Crippen molar-refractivity contribution in [3.63, 3.8) is 0 Å². The summed E-state index contributed by atoms with van der Waals surface area (Å²) in [5.74, 6) is 1.97. The van der Waals surface area contributed by atoms with Gasteiger partial charge in [0.1, 0.15) is 0 Å². The van der Waals surface area contributed by atoms with Crippen molar-refractivity contribution in [3.05, 3.63) is 57.6 Å². The van der Waals surface area contributed by atoms with Crippen molar-refractivity contribution in [3.8, 4) is 0 Å². The van der Waals surface area contributed by atoms with Crippen molar-refractivity contribution in [2.45, 2.75) is 92.9 Å². The number of hydrogen-bond acceptors (Lipinski definition) is 3. The quantitative estimate of drug-likeness (QED) is 0.231. The number of benzene rings is 2. The van der Waals surface area contributed by atoms with Crippen LogP contribution < -0.4 is 10.6 Å². The summed E-state index contributed by atoms with van der Waals surface area (Å²) >= 11 is 3.78. The zero-order valence-corrected chi connectivity index (χ0v) is 24.2. The van der Waals surface area contributed by atoms with Gasteiger partial charge in [-0.15, -0.1) is 0 Å². The molecular weight excluding hydrogens is 470 g/mol. The molecule has 0 aliphatic carbocycles. The Balaban J connectivity index is 2.10. The molecule has 0 heterocycles. The zero-order chi connectivity index (χ0) is 24.9. The highest BCUT2D eigenvalue weighted by atomic mass is 79.9. The van der Waals surface area contributed by atoms with Crippen LogP contribution in [0.1, 0.15) is 112 Å². The zero-order valence-electron chi connectivity index (χ0n) is 22.6. The van der Waals surface area contributed by atoms with Crippen LogP contribution in [0.25, 0.3) is 0 Å². The molecule has 3 nitrogen and oxygen atoms in total. The molecule has 2 rings (SSSR count). The number of aryl methyl sites for hydroxylation is 2. The fourth-order valence-corrected chi connectivity index (χ4v) is 4.76. The van der Waals surface area contributed by atoms with Gasteiger partial charge in [0, 0.05) is 40.6 Å². The molecule has 0 bridgehead atoms. The first-order valence-electron chi connectivity index (χ1n) is 12.6. The molecule has 0 saturated carbocycles. The molecule has 0 fully saturated rings. The first-order valence-corrected chi connectivity index (χ1v) is 13.3. The van der Waals surface area contributed by atoms with Crippen molar-refractivity contribution in [2.75, 3.05) is 30.4 Å². The fourth-order valence-electron chi connectivity index (χ4n) is 4.46. The average molecular weight is 517 g/mol. The summed E-state index contributed by atoms with van der Waals surface area (Å²) in [7, 11) is 0. The van der Waals surface area contributed by atoms with E-state index in [1.54, 1.807) is 0 Å². The molecule has 4 heteroatoms. The first-order chi connectivity index (χ1) is 15.4. The molecule has 184 valence electrons. The van der Waals surface area contributed by atoms with Gasteiger partial charge in [0.05, 0.1) is 6.67 Å². The van der Waals surface area contributed by atoms with E-state index >= 15 is 0 Å². The molecule has 0 radical (unpaired) electrons. The minimum atomic E-state index is 0.487. The second kappa shape index (κ2) is 12.3. The van der Waals surface area contributed by atoms with Crippen molar-refractivity contribution in [2.24, 2.45) is 0 Å². The Morgan fingerprint density at radius 2 is 0.970 bits per heavy atom. The molecule has 0 unspecified atom stereocenters. The predicted molar refractivity (Wildman–Crippen MR) is 151 cm³/mol. The molecule has 2 aromatic carbocycles. The Labute approximate surface area is 212 Å². The van der Waals surface area contributed by atoms with Crippen LogP contribution in [0.2, 0.25) is 0 Å². The molecule has 0 amide bonds. The summed E-state index contributed by atoms with van der Waals surface area (Å²) in [6, 6.07) is 9.34. The lowest BCUT2D eigenvalue weighted by atomic mass is 9.90. The van der Waals surface area contributed by atoms with Crippen LogP contribution >= 0.6 is 16.1 Å². The number of nitrogens with one attached hydrogen (secondary N) is 2. The first kappa shape index (κ1) is 27.7. The van der Waals surface area contributed by atoms with Crippen LogP contribution in [0, 0.1) is 13.8 Å². The monoisotopic (exact) mass is 515 g/mol. The largest absolute Gasteiger partial charge is 0.383 e. The summed E-state index contributed by atoms with van der Waals surface area (Å²) in [4.78, 5) is 0. The van der Waals surface area contributed by atoms with Gasteiger partial charge in [-0.25, -0.2) is 3.93 Å². The van der Waals surface area contributed by atoms with Crippen molar-refractivity contribution in [1.82, 2.24) is 3.93 Å². The van der Waals surface area contributed by atoms with E-state index in [2.05, 4.69) is 124 Å². The molecule has 0 saturated heterocycles. The van der Waals surface area contributed by atoms with Gasteiger partial charge >= 0.3 is 0 Å². The smallest absolute Gasteiger partial charge is 0.0779 e. The Morgan fingerprint density at radius 1 is 0.636 bits per heavy atom. The van der Waals surface area contributed by atoms with E-state index in [1.165, 1.54) is 44.8 Å². The van der Waals surface area contributed by atoms with Gasteiger partial charge in [-0.1, -0.05) is 90.8 Å². The Morgan fingerprint density at radius 3 is 1.30 bits per heavy atom. The van der Waals surface area contributed by atoms with E-state index in [4.69, 9.17) is 0 Å². The SMILES string of the molecule is Cc1cc(C(C)C)c(NCCN(Br)CNc2c(C(C)C)cc(C)cc2C(C)C)c(C(C)C)c1. The van der Waals surface area contributed by atoms with Gasteiger partial charge in [0.2, 0.25) is 0 Å². The molecule has 0 aliphatic rings. The third-order valence-electron chi connectivity index (χ3n) is 6.26. The van der Waals surface area contributed by atoms with Crippen LogP contribution in [-0.4, -0.2) is 23.7 Å². The van der Waals surface area contributed by atoms with Gasteiger partial charge in [-0.3, -0.25) is 0 Å². The molecule has 0 aromatic heterocycles. The lowest BCUT2D eigenvalue weighted by molar-refractivity contribution is 0.537. The lowest BCUT2D eigenvalue weighted by Gasteiger charge is -2.25. The summed E-state index contributed by atoms with van der Waals surface area (Å²) in [5.41, 5.74) is 10.9. The molecule has 0 atom stereocenters. The van der Waals surface area contributed by atoms with E-state index in [0.717, 1.165) is 19.8 Å². The second-order valence-electron chi connectivity index (χ2n) is 10.7. The fraction of sp³-hybridized carbons (Fsp3) is 0.586. The second-order valence-corrected chi connectivity index (χ2v) is 11.7. The van der Waals surface area contributed by atoms with Gasteiger partial charge in [0.15, 0.2) is 0 Å². The predicted octanol–water partition coefficient (Wildman–Crippen LogP) is 8.89. The number of rotatable bonds is 11. The summed E-state index contributed by atoms with van der Waals surface area (Å²) in [5, 5.41) is 7.51. The maximum absolute atomic E-state index is 3.78. The van der Waals surface area contributed by atoms with Gasteiger partial charge in [-0.05, 0) is 59.8 Å². The molecule has 2 N–H and O–H groups in total. The van der Waals surface area contributed by atoms with Crippen molar-refractivity contribution >= 4 is 27.5 Å². The third kappa shape index (κ3) is 7.48. The third-order valence-corrected chi connectivity index (χ3v) is 6.86. The standard InChI is InChI=1S/C29H46BrN3/c1-18(2)24-13-22(9)14-25(19(3)4)28(24)31-11-12-33(30)17-32-29-26(20(5)6)15-23(10)16-27(29)21(7)8/h13-16,18-21,31-32H,11-12,17H2,1-10H3. The highest BCUT2D eigenvalue weighted by Gasteiger charge is 2.17. The van der Waals surface area contributed by atoms with Gasteiger partial charge in [-0.2, -0.15) is 0 Å². The van der Waals surface area contributed by atoms with E-state index in [9.17, 15) is 0 Å². The van der Waals surface area contributed by atoms with Crippen molar-refractivity contribution in [1.29, 1.82) is 0 Å². The summed E-state index contributed by atoms with van der Waals surface area (Å²) in [6.07, 6.45) is 0. The van der Waals surface area contributed by atoms with Gasteiger partial charge < -0.3 is 10.6 Å². The maximum Gasteiger partial charge on any atom is 0.0779 e. The lowest BCUT2D eigenvalue weighted by Crippen LogP contribution is -2.27. The Bertz CT molecular complexity index is 857. The van der Waals surface area contributed by atoms with E-state index in [-0.39, 0.29) is 0 Å². The van der Waals surface area contributed by atoms with Crippen LogP contribution in [0.4, 0.5) is 11.4 Å². The molecule has 0 spiro atoms. The number of nitrogens with zero attached hydrogens (tertiary/aromatic N) is 1. The van der Waals surface area contributed by atoms with E-state index in [1.807, 2.05) is 0 Å². The topological polar surface area (TPSA) is 27.3 Å². The molecule has 33 heavy (non-hydrogen) atoms. The van der Waals surface area contributed by atoms with E-state index in [0.29, 0.717) is 23.7 Å². The summed E-state index contributed by atoms with van der Waals surface area (Å²) in [6.45, 7) is 25.2. The van der Waals surface area contributed by atoms with Crippen LogP contribution in [-0.2, 0) is 0 Å². The minimum Gasteiger partial charge on any atom is -0.383 e. The van der Waals surface area contributed by atoms with Crippen LogP contribution in [0.15, 0.2) is 24.3 Å². The highest BCUT2D eigenvalue weighted by molar-refractivity contribution is 9.07. The Kier molecular flexibility index (Phi) is 10.3.